The predicted molar refractivity (Wildman–Crippen MR) is 122 cm³/mol. The number of hydrogen-bond acceptors (Lipinski definition) is 4. The number of rotatable bonds is 5. The number of nitrogens with one attached hydrogen (secondary N) is 2. The molecule has 0 aromatic carbocycles. The number of pyridine rings is 1. The molecule has 0 spiro atoms. The van der Waals surface area contributed by atoms with E-state index < -0.39 is 0 Å². The molecule has 1 aliphatic heterocycles. The number of aromatic nitrogens is 1. The molecule has 0 atom stereocenters. The van der Waals surface area contributed by atoms with E-state index in [4.69, 9.17) is 0 Å². The van der Waals surface area contributed by atoms with Gasteiger partial charge in [-0.15, -0.1) is 24.0 Å². The Balaban J connectivity index is 0.00000364. The molecule has 0 bridgehead atoms. The van der Waals surface area contributed by atoms with Crippen LogP contribution in [0.3, 0.4) is 0 Å². The Kier molecular flexibility index (Phi) is 9.82. The van der Waals surface area contributed by atoms with Crippen molar-refractivity contribution in [1.29, 1.82) is 0 Å². The van der Waals surface area contributed by atoms with Gasteiger partial charge in [0.25, 0.3) is 0 Å². The molecule has 1 saturated heterocycles. The van der Waals surface area contributed by atoms with Gasteiger partial charge in [0.2, 0.25) is 5.91 Å². The van der Waals surface area contributed by atoms with Crippen LogP contribution < -0.4 is 15.5 Å². The van der Waals surface area contributed by atoms with Crippen LogP contribution in [0.4, 0.5) is 5.82 Å². The number of guanidine groups is 1. The van der Waals surface area contributed by atoms with Crippen molar-refractivity contribution in [1.82, 2.24) is 20.5 Å². The van der Waals surface area contributed by atoms with Gasteiger partial charge in [0.1, 0.15) is 5.82 Å². The summed E-state index contributed by atoms with van der Waals surface area (Å²) in [7, 11) is 5.74. The molecule has 0 unspecified atom stereocenters. The predicted octanol–water partition coefficient (Wildman–Crippen LogP) is 2.08. The summed E-state index contributed by atoms with van der Waals surface area (Å²) >= 11 is 0. The van der Waals surface area contributed by atoms with Crippen LogP contribution in [-0.2, 0) is 11.3 Å². The van der Waals surface area contributed by atoms with Crippen molar-refractivity contribution in [3.8, 4) is 0 Å². The fraction of sp³-hybridized carbons (Fsp3) is 0.632. The highest BCUT2D eigenvalue weighted by Crippen LogP contribution is 2.13. The Morgan fingerprint density at radius 1 is 1.33 bits per heavy atom. The second kappa shape index (κ2) is 11.3. The van der Waals surface area contributed by atoms with Gasteiger partial charge in [-0.3, -0.25) is 9.79 Å². The fourth-order valence-corrected chi connectivity index (χ4v) is 2.99. The first-order valence-corrected chi connectivity index (χ1v) is 9.30. The maximum atomic E-state index is 12.1. The number of anilines is 1. The second-order valence-electron chi connectivity index (χ2n) is 7.21. The molecule has 2 N–H and O–H groups in total. The molecule has 2 heterocycles. The first-order valence-electron chi connectivity index (χ1n) is 9.30. The molecule has 7 nitrogen and oxygen atoms in total. The molecule has 0 aliphatic carbocycles. The van der Waals surface area contributed by atoms with Crippen LogP contribution in [0.25, 0.3) is 0 Å². The zero-order chi connectivity index (χ0) is 19.1. The molecule has 1 aromatic rings. The first kappa shape index (κ1) is 23.5. The van der Waals surface area contributed by atoms with E-state index in [1.807, 2.05) is 55.9 Å². The zero-order valence-corrected chi connectivity index (χ0v) is 19.4. The first-order chi connectivity index (χ1) is 12.4. The highest BCUT2D eigenvalue weighted by Gasteiger charge is 2.24. The third-order valence-corrected chi connectivity index (χ3v) is 4.55. The van der Waals surface area contributed by atoms with Crippen LogP contribution in [0.1, 0.15) is 32.4 Å². The Hall–Kier alpha value is -1.58. The molecule has 2 rings (SSSR count). The van der Waals surface area contributed by atoms with Crippen LogP contribution in [0.5, 0.6) is 0 Å². The van der Waals surface area contributed by atoms with Crippen molar-refractivity contribution in [3.63, 3.8) is 0 Å². The molecule has 1 aromatic heterocycles. The Morgan fingerprint density at radius 3 is 2.56 bits per heavy atom. The lowest BCUT2D eigenvalue weighted by Gasteiger charge is -2.34. The summed E-state index contributed by atoms with van der Waals surface area (Å²) in [5.74, 6) is 2.03. The smallest absolute Gasteiger partial charge is 0.225 e. The summed E-state index contributed by atoms with van der Waals surface area (Å²) in [6.07, 6.45) is 1.88. The average Bonchev–Trinajstić information content (AvgIpc) is 2.65. The molecule has 1 amide bonds. The largest absolute Gasteiger partial charge is 0.363 e. The van der Waals surface area contributed by atoms with E-state index in [1.165, 1.54) is 0 Å². The minimum absolute atomic E-state index is 0. The number of amides is 1. The number of likely N-dealkylation sites (tertiary alicyclic amines) is 1. The number of hydrogen-bond donors (Lipinski definition) is 2. The van der Waals surface area contributed by atoms with Crippen LogP contribution in [-0.4, -0.2) is 62.0 Å². The Bertz CT molecular complexity index is 626. The van der Waals surface area contributed by atoms with Crippen molar-refractivity contribution in [3.05, 3.63) is 23.9 Å². The van der Waals surface area contributed by atoms with Crippen LogP contribution in [0.15, 0.2) is 23.2 Å². The van der Waals surface area contributed by atoms with Crippen molar-refractivity contribution >= 4 is 41.7 Å². The van der Waals surface area contributed by atoms with Gasteiger partial charge in [-0.25, -0.2) is 4.98 Å². The maximum Gasteiger partial charge on any atom is 0.225 e. The molecule has 152 valence electrons. The average molecular weight is 488 g/mol. The van der Waals surface area contributed by atoms with Crippen LogP contribution in [0, 0.1) is 5.92 Å². The molecule has 8 heteroatoms. The van der Waals surface area contributed by atoms with Gasteiger partial charge in [0.05, 0.1) is 12.2 Å². The summed E-state index contributed by atoms with van der Waals surface area (Å²) in [6, 6.07) is 6.33. The molecule has 1 aliphatic rings. The summed E-state index contributed by atoms with van der Waals surface area (Å²) < 4.78 is 0. The highest BCUT2D eigenvalue weighted by molar-refractivity contribution is 14.0. The number of halogens is 1. The van der Waals surface area contributed by atoms with Gasteiger partial charge in [-0.2, -0.15) is 0 Å². The summed E-state index contributed by atoms with van der Waals surface area (Å²) in [6.45, 7) is 6.14. The van der Waals surface area contributed by atoms with Gasteiger partial charge < -0.3 is 20.4 Å². The van der Waals surface area contributed by atoms with Crippen molar-refractivity contribution in [2.24, 2.45) is 10.9 Å². The topological polar surface area (TPSA) is 72.9 Å². The molecular weight excluding hydrogens is 455 g/mol. The maximum absolute atomic E-state index is 12.1. The summed E-state index contributed by atoms with van der Waals surface area (Å²) in [4.78, 5) is 25.0. The Morgan fingerprint density at radius 2 is 2.00 bits per heavy atom. The van der Waals surface area contributed by atoms with Crippen LogP contribution >= 0.6 is 24.0 Å². The minimum Gasteiger partial charge on any atom is -0.363 e. The number of carbonyl (C=O) groups is 1. The zero-order valence-electron chi connectivity index (χ0n) is 17.0. The number of carbonyl (C=O) groups excluding carboxylic acids is 1. The third kappa shape index (κ3) is 7.15. The van der Waals surface area contributed by atoms with Crippen molar-refractivity contribution < 1.29 is 4.79 Å². The van der Waals surface area contributed by atoms with E-state index >= 15 is 0 Å². The number of nitrogens with zero attached hydrogens (tertiary/aromatic N) is 4. The lowest BCUT2D eigenvalue weighted by atomic mass is 10.0. The van der Waals surface area contributed by atoms with E-state index in [0.717, 1.165) is 43.4 Å². The van der Waals surface area contributed by atoms with E-state index in [9.17, 15) is 4.79 Å². The molecule has 0 saturated carbocycles. The van der Waals surface area contributed by atoms with Crippen molar-refractivity contribution in [2.75, 3.05) is 39.1 Å². The van der Waals surface area contributed by atoms with Gasteiger partial charge in [-0.1, -0.05) is 19.9 Å². The van der Waals surface area contributed by atoms with E-state index in [2.05, 4.69) is 20.6 Å². The summed E-state index contributed by atoms with van der Waals surface area (Å²) in [5.41, 5.74) is 0.969. The lowest BCUT2D eigenvalue weighted by molar-refractivity contribution is -0.135. The van der Waals surface area contributed by atoms with E-state index in [1.54, 1.807) is 7.05 Å². The quantitative estimate of drug-likeness (QED) is 0.377. The van der Waals surface area contributed by atoms with E-state index in [-0.39, 0.29) is 35.8 Å². The third-order valence-electron chi connectivity index (χ3n) is 4.55. The van der Waals surface area contributed by atoms with Gasteiger partial charge in [0.15, 0.2) is 5.96 Å². The Labute approximate surface area is 180 Å². The van der Waals surface area contributed by atoms with Gasteiger partial charge >= 0.3 is 0 Å². The van der Waals surface area contributed by atoms with E-state index in [0.29, 0.717) is 12.6 Å². The van der Waals surface area contributed by atoms with Crippen molar-refractivity contribution in [2.45, 2.75) is 39.3 Å². The number of aliphatic imine (C=N–C) groups is 1. The van der Waals surface area contributed by atoms with Gasteiger partial charge in [-0.05, 0) is 25.0 Å². The normalized spacial score (nSPS) is 15.3. The number of piperidine rings is 1. The molecular formula is C19H33IN6O. The fourth-order valence-electron chi connectivity index (χ4n) is 2.99. The summed E-state index contributed by atoms with van der Waals surface area (Å²) in [5, 5.41) is 6.79. The minimum atomic E-state index is 0. The molecule has 0 radical (unpaired) electrons. The monoisotopic (exact) mass is 488 g/mol. The van der Waals surface area contributed by atoms with Crippen LogP contribution in [0.2, 0.25) is 0 Å². The standard InChI is InChI=1S/C19H32N6O.HI/c1-14(2)18(26)25-11-9-15(10-12-25)23-19(20-3)21-13-16-7-6-8-17(22-16)24(4)5;/h6-8,14-15H,9-13H2,1-5H3,(H2,20,21,23);1H. The highest BCUT2D eigenvalue weighted by atomic mass is 127. The second-order valence-corrected chi connectivity index (χ2v) is 7.21. The SMILES string of the molecule is CN=C(NCc1cccc(N(C)C)n1)NC1CCN(C(=O)C(C)C)CC1.I. The lowest BCUT2D eigenvalue weighted by Crippen LogP contribution is -2.50. The van der Waals surface area contributed by atoms with Gasteiger partial charge in [0, 0.05) is 46.2 Å². The molecule has 27 heavy (non-hydrogen) atoms. The molecule has 1 fully saturated rings.